The second-order valence-corrected chi connectivity index (χ2v) is 8.35. The monoisotopic (exact) mass is 455 g/mol. The molecular weight excluding hydrogens is 438 g/mol. The van der Waals surface area contributed by atoms with Crippen LogP contribution in [0.4, 0.5) is 11.4 Å². The Bertz CT molecular complexity index is 1170. The van der Waals surface area contributed by atoms with Gasteiger partial charge in [-0.3, -0.25) is 14.9 Å². The summed E-state index contributed by atoms with van der Waals surface area (Å²) in [4.78, 5) is 23.2. The number of rotatable bonds is 6. The molecule has 0 aliphatic carbocycles. The number of nitro groups is 1. The van der Waals surface area contributed by atoms with Gasteiger partial charge in [0.05, 0.1) is 14.9 Å². The average Bonchev–Trinajstić information content (AvgIpc) is 3.35. The Morgan fingerprint density at radius 3 is 2.68 bits per heavy atom. The van der Waals surface area contributed by atoms with Crippen LogP contribution in [0, 0.1) is 10.1 Å². The number of amides is 1. The van der Waals surface area contributed by atoms with Gasteiger partial charge >= 0.3 is 0 Å². The molecule has 1 aliphatic rings. The molecule has 0 radical (unpaired) electrons. The molecule has 7 nitrogen and oxygen atoms in total. The van der Waals surface area contributed by atoms with Crippen LogP contribution in [0.1, 0.15) is 18.2 Å². The molecule has 1 aromatic heterocycles. The smallest absolute Gasteiger partial charge is 0.270 e. The first-order valence-electron chi connectivity index (χ1n) is 9.52. The van der Waals surface area contributed by atoms with Gasteiger partial charge in [-0.1, -0.05) is 42.4 Å². The fourth-order valence-corrected chi connectivity index (χ4v) is 4.31. The van der Waals surface area contributed by atoms with Gasteiger partial charge in [0.1, 0.15) is 11.5 Å². The molecule has 1 atom stereocenters. The number of hydrogen-bond donors (Lipinski definition) is 2. The summed E-state index contributed by atoms with van der Waals surface area (Å²) in [5.74, 6) is 0.745. The minimum absolute atomic E-state index is 0.0930. The van der Waals surface area contributed by atoms with E-state index in [9.17, 15) is 14.9 Å². The number of halogens is 1. The van der Waals surface area contributed by atoms with E-state index in [0.29, 0.717) is 22.0 Å². The van der Waals surface area contributed by atoms with Crippen molar-refractivity contribution >= 4 is 46.7 Å². The number of benzene rings is 2. The van der Waals surface area contributed by atoms with E-state index in [1.54, 1.807) is 18.2 Å². The van der Waals surface area contributed by atoms with Crippen LogP contribution in [0.3, 0.4) is 0 Å². The maximum absolute atomic E-state index is 12.3. The van der Waals surface area contributed by atoms with Gasteiger partial charge < -0.3 is 15.1 Å². The third-order valence-electron chi connectivity index (χ3n) is 4.72. The Labute approximate surface area is 187 Å². The van der Waals surface area contributed by atoms with Crippen LogP contribution in [0.5, 0.6) is 0 Å². The number of aryl methyl sites for hydroxylation is 1. The van der Waals surface area contributed by atoms with E-state index in [0.717, 1.165) is 12.1 Å². The highest BCUT2D eigenvalue weighted by Crippen LogP contribution is 2.34. The van der Waals surface area contributed by atoms with Crippen molar-refractivity contribution in [1.82, 2.24) is 5.32 Å². The first-order valence-corrected chi connectivity index (χ1v) is 10.8. The van der Waals surface area contributed by atoms with Crippen molar-refractivity contribution in [3.63, 3.8) is 0 Å². The second-order valence-electron chi connectivity index (χ2n) is 6.80. The van der Waals surface area contributed by atoms with Crippen molar-refractivity contribution in [1.29, 1.82) is 0 Å². The van der Waals surface area contributed by atoms with E-state index in [1.807, 2.05) is 24.3 Å². The summed E-state index contributed by atoms with van der Waals surface area (Å²) < 4.78 is 5.80. The molecule has 0 spiro atoms. The van der Waals surface area contributed by atoms with Gasteiger partial charge in [0.2, 0.25) is 0 Å². The number of nitro benzene ring substituents is 1. The molecule has 1 fully saturated rings. The Morgan fingerprint density at radius 2 is 2.00 bits per heavy atom. The molecule has 1 amide bonds. The highest BCUT2D eigenvalue weighted by atomic mass is 35.5. The normalized spacial score (nSPS) is 17.0. The molecule has 158 valence electrons. The first kappa shape index (κ1) is 21.0. The van der Waals surface area contributed by atoms with Crippen LogP contribution in [0.25, 0.3) is 17.4 Å². The highest BCUT2D eigenvalue weighted by Gasteiger charge is 2.27. The molecule has 2 heterocycles. The zero-order valence-corrected chi connectivity index (χ0v) is 18.0. The third kappa shape index (κ3) is 4.76. The van der Waals surface area contributed by atoms with E-state index in [2.05, 4.69) is 17.6 Å². The lowest BCUT2D eigenvalue weighted by atomic mass is 10.1. The Hall–Kier alpha value is -3.23. The molecule has 31 heavy (non-hydrogen) atoms. The maximum atomic E-state index is 12.3. The predicted molar refractivity (Wildman–Crippen MR) is 123 cm³/mol. The summed E-state index contributed by atoms with van der Waals surface area (Å²) in [6.07, 6.45) is 2.63. The summed E-state index contributed by atoms with van der Waals surface area (Å²) in [7, 11) is 0. The van der Waals surface area contributed by atoms with Crippen molar-refractivity contribution in [3.05, 3.63) is 86.0 Å². The molecule has 1 aliphatic heterocycles. The SMILES string of the molecule is CCc1ccc(N[C@H]2NC(=O)/C(=C/c3ccc(-c4ccc([N+](=O)[O-])cc4Cl)o3)S2)cc1. The van der Waals surface area contributed by atoms with Gasteiger partial charge in [0.15, 0.2) is 5.50 Å². The molecule has 0 bridgehead atoms. The Morgan fingerprint density at radius 1 is 1.23 bits per heavy atom. The topological polar surface area (TPSA) is 97.4 Å². The zero-order chi connectivity index (χ0) is 22.0. The van der Waals surface area contributed by atoms with Crippen molar-refractivity contribution < 1.29 is 14.1 Å². The number of nitrogens with one attached hydrogen (secondary N) is 2. The Balaban J connectivity index is 1.47. The van der Waals surface area contributed by atoms with Crippen molar-refractivity contribution in [2.75, 3.05) is 5.32 Å². The summed E-state index contributed by atoms with van der Waals surface area (Å²) in [6, 6.07) is 15.7. The van der Waals surface area contributed by atoms with Crippen LogP contribution in [0.15, 0.2) is 63.9 Å². The highest BCUT2D eigenvalue weighted by molar-refractivity contribution is 8.05. The average molecular weight is 456 g/mol. The fraction of sp³-hybridized carbons (Fsp3) is 0.136. The lowest BCUT2D eigenvalue weighted by Gasteiger charge is -2.12. The number of nitrogens with zero attached hydrogens (tertiary/aromatic N) is 1. The van der Waals surface area contributed by atoms with Gasteiger partial charge in [-0.05, 0) is 42.3 Å². The third-order valence-corrected chi connectivity index (χ3v) is 6.06. The van der Waals surface area contributed by atoms with Crippen LogP contribution >= 0.6 is 23.4 Å². The van der Waals surface area contributed by atoms with Gasteiger partial charge in [-0.2, -0.15) is 0 Å². The van der Waals surface area contributed by atoms with Gasteiger partial charge in [0, 0.05) is 29.5 Å². The molecule has 4 rings (SSSR count). The molecule has 1 saturated heterocycles. The van der Waals surface area contributed by atoms with E-state index < -0.39 is 4.92 Å². The largest absolute Gasteiger partial charge is 0.457 e. The standard InChI is InChI=1S/C22H18ClN3O4S/c1-2-13-3-5-14(6-4-13)24-22-25-21(27)20(31-22)12-16-8-10-19(30-16)17-9-7-15(26(28)29)11-18(17)23/h3-12,22,24H,2H2,1H3,(H,25,27)/b20-12-/t22-/m0/s1. The predicted octanol–water partition coefficient (Wildman–Crippen LogP) is 5.67. The minimum atomic E-state index is -0.508. The number of anilines is 1. The maximum Gasteiger partial charge on any atom is 0.270 e. The number of furan rings is 1. The summed E-state index contributed by atoms with van der Waals surface area (Å²) in [5.41, 5.74) is 2.32. The number of carbonyl (C=O) groups is 1. The number of non-ortho nitro benzene ring substituents is 1. The van der Waals surface area contributed by atoms with E-state index >= 15 is 0 Å². The lowest BCUT2D eigenvalue weighted by Crippen LogP contribution is -2.30. The zero-order valence-electron chi connectivity index (χ0n) is 16.4. The molecule has 0 saturated carbocycles. The van der Waals surface area contributed by atoms with Crippen molar-refractivity contribution in [2.45, 2.75) is 18.8 Å². The number of thioether (sulfide) groups is 1. The summed E-state index contributed by atoms with van der Waals surface area (Å²) in [5, 5.41) is 17.2. The van der Waals surface area contributed by atoms with E-state index in [-0.39, 0.29) is 22.1 Å². The van der Waals surface area contributed by atoms with Gasteiger partial charge in [-0.15, -0.1) is 0 Å². The van der Waals surface area contributed by atoms with E-state index in [1.165, 1.54) is 35.5 Å². The lowest BCUT2D eigenvalue weighted by molar-refractivity contribution is -0.384. The summed E-state index contributed by atoms with van der Waals surface area (Å²) in [6.45, 7) is 2.10. The second kappa shape index (κ2) is 8.87. The molecule has 3 aromatic rings. The van der Waals surface area contributed by atoms with Gasteiger partial charge in [-0.25, -0.2) is 0 Å². The fourth-order valence-electron chi connectivity index (χ4n) is 3.08. The Kier molecular flexibility index (Phi) is 6.01. The molecule has 2 N–H and O–H groups in total. The van der Waals surface area contributed by atoms with Crippen LogP contribution in [-0.4, -0.2) is 16.3 Å². The number of hydrogen-bond acceptors (Lipinski definition) is 6. The number of carbonyl (C=O) groups excluding carboxylic acids is 1. The van der Waals surface area contributed by atoms with Crippen LogP contribution < -0.4 is 10.6 Å². The molecular formula is C22H18ClN3O4S. The molecule has 0 unspecified atom stereocenters. The van der Waals surface area contributed by atoms with Crippen LogP contribution in [-0.2, 0) is 11.2 Å². The quantitative estimate of drug-likeness (QED) is 0.282. The summed E-state index contributed by atoms with van der Waals surface area (Å²) >= 11 is 7.53. The van der Waals surface area contributed by atoms with Crippen molar-refractivity contribution in [3.8, 4) is 11.3 Å². The van der Waals surface area contributed by atoms with Gasteiger partial charge in [0.25, 0.3) is 11.6 Å². The first-order chi connectivity index (χ1) is 14.9. The van der Waals surface area contributed by atoms with E-state index in [4.69, 9.17) is 16.0 Å². The molecule has 2 aromatic carbocycles. The molecule has 9 heteroatoms. The van der Waals surface area contributed by atoms with Crippen LogP contribution in [0.2, 0.25) is 5.02 Å². The minimum Gasteiger partial charge on any atom is -0.457 e. The van der Waals surface area contributed by atoms with Crippen molar-refractivity contribution in [2.24, 2.45) is 0 Å².